The molecule has 0 aromatic carbocycles. The third-order valence-corrected chi connectivity index (χ3v) is 2.40. The van der Waals surface area contributed by atoms with Crippen LogP contribution >= 0.6 is 0 Å². The van der Waals surface area contributed by atoms with E-state index in [1.165, 1.54) is 11.9 Å². The van der Waals surface area contributed by atoms with E-state index >= 15 is 0 Å². The summed E-state index contributed by atoms with van der Waals surface area (Å²) >= 11 is 0. The van der Waals surface area contributed by atoms with Gasteiger partial charge >= 0.3 is 0 Å². The number of amides is 1. The minimum absolute atomic E-state index is 0.210. The van der Waals surface area contributed by atoms with E-state index in [2.05, 4.69) is 38.7 Å². The third-order valence-electron chi connectivity index (χ3n) is 2.40. The molecule has 0 unspecified atom stereocenters. The summed E-state index contributed by atoms with van der Waals surface area (Å²) in [5, 5.41) is 8.93. The number of rotatable bonds is 4. The molecule has 0 aliphatic heterocycles. The topological polar surface area (TPSA) is 70.7 Å². The Labute approximate surface area is 93.7 Å². The molecular weight excluding hydrogens is 204 g/mol. The van der Waals surface area contributed by atoms with Crippen LogP contribution in [-0.2, 0) is 0 Å². The molecule has 1 aromatic heterocycles. The highest BCUT2D eigenvalue weighted by atomic mass is 16.2. The van der Waals surface area contributed by atoms with E-state index in [1.807, 2.05) is 0 Å². The fourth-order valence-corrected chi connectivity index (χ4v) is 1.57. The van der Waals surface area contributed by atoms with Crippen molar-refractivity contribution >= 4 is 5.91 Å². The summed E-state index contributed by atoms with van der Waals surface area (Å²) in [5.74, 6) is 0.0473. The van der Waals surface area contributed by atoms with Gasteiger partial charge in [0, 0.05) is 6.54 Å². The number of nitrogens with zero attached hydrogens (tertiary/aromatic N) is 2. The molecule has 1 aromatic rings. The summed E-state index contributed by atoms with van der Waals surface area (Å²) in [5.41, 5.74) is 1.28. The van der Waals surface area contributed by atoms with Crippen molar-refractivity contribution < 1.29 is 4.79 Å². The van der Waals surface area contributed by atoms with Crippen molar-refractivity contribution in [3.63, 3.8) is 0 Å². The largest absolute Gasteiger partial charge is 0.349 e. The molecule has 84 valence electrons. The molecule has 2 N–H and O–H groups in total. The second kappa shape index (κ2) is 5.25. The standard InChI is InChI=1S/C11H14N4O/c16-11(10-13-8-14-15-10)12-7-6-9-4-2-1-3-5-9/h2,4-5,8H,1,3,6-7H2,(H,12,16)(H,13,14,15). The fraction of sp³-hybridized carbons (Fsp3) is 0.364. The van der Waals surface area contributed by atoms with Crippen molar-refractivity contribution in [2.75, 3.05) is 6.54 Å². The average molecular weight is 218 g/mol. The maximum atomic E-state index is 11.5. The van der Waals surface area contributed by atoms with Gasteiger partial charge in [-0.25, -0.2) is 4.98 Å². The van der Waals surface area contributed by atoms with E-state index in [-0.39, 0.29) is 11.7 Å². The lowest BCUT2D eigenvalue weighted by molar-refractivity contribution is 0.0944. The second-order valence-electron chi connectivity index (χ2n) is 3.60. The first-order valence-corrected chi connectivity index (χ1v) is 5.35. The zero-order valence-electron chi connectivity index (χ0n) is 8.94. The highest BCUT2D eigenvalue weighted by molar-refractivity contribution is 5.90. The zero-order valence-corrected chi connectivity index (χ0v) is 8.94. The molecule has 0 atom stereocenters. The van der Waals surface area contributed by atoms with Crippen LogP contribution in [0, 0.1) is 0 Å². The van der Waals surface area contributed by atoms with E-state index in [0.29, 0.717) is 6.54 Å². The van der Waals surface area contributed by atoms with Gasteiger partial charge in [0.05, 0.1) is 0 Å². The maximum Gasteiger partial charge on any atom is 0.288 e. The van der Waals surface area contributed by atoms with Gasteiger partial charge in [-0.3, -0.25) is 9.89 Å². The molecule has 1 amide bonds. The Hall–Kier alpha value is -1.91. The number of H-pyrrole nitrogens is 1. The van der Waals surface area contributed by atoms with Crippen molar-refractivity contribution in [2.24, 2.45) is 0 Å². The normalized spacial score (nSPS) is 14.6. The van der Waals surface area contributed by atoms with Gasteiger partial charge in [-0.2, -0.15) is 5.10 Å². The van der Waals surface area contributed by atoms with Crippen molar-refractivity contribution in [3.05, 3.63) is 36.0 Å². The minimum Gasteiger partial charge on any atom is -0.349 e. The molecule has 0 bridgehead atoms. The van der Waals surface area contributed by atoms with E-state index in [4.69, 9.17) is 0 Å². The SMILES string of the molecule is O=C(NCCC1=CCCC=C1)c1ncn[nH]1. The summed E-state index contributed by atoms with van der Waals surface area (Å²) in [6.07, 6.45) is 10.9. The molecule has 0 radical (unpaired) electrons. The molecular formula is C11H14N4O. The summed E-state index contributed by atoms with van der Waals surface area (Å²) in [7, 11) is 0. The van der Waals surface area contributed by atoms with Gasteiger partial charge < -0.3 is 5.32 Å². The van der Waals surface area contributed by atoms with Gasteiger partial charge in [0.1, 0.15) is 6.33 Å². The van der Waals surface area contributed by atoms with Crippen LogP contribution < -0.4 is 5.32 Å². The van der Waals surface area contributed by atoms with Gasteiger partial charge in [0.2, 0.25) is 5.82 Å². The summed E-state index contributed by atoms with van der Waals surface area (Å²) in [4.78, 5) is 15.2. The summed E-state index contributed by atoms with van der Waals surface area (Å²) in [6, 6.07) is 0. The Kier molecular flexibility index (Phi) is 3.48. The first kappa shape index (κ1) is 10.6. The number of carbonyl (C=O) groups excluding carboxylic acids is 1. The maximum absolute atomic E-state index is 11.5. The Morgan fingerprint density at radius 1 is 1.50 bits per heavy atom. The van der Waals surface area contributed by atoms with Gasteiger partial charge in [0.25, 0.3) is 5.91 Å². The lowest BCUT2D eigenvalue weighted by atomic mass is 10.0. The van der Waals surface area contributed by atoms with Crippen molar-refractivity contribution in [3.8, 4) is 0 Å². The quantitative estimate of drug-likeness (QED) is 0.797. The van der Waals surface area contributed by atoms with Crippen LogP contribution in [0.4, 0.5) is 0 Å². The summed E-state index contributed by atoms with van der Waals surface area (Å²) < 4.78 is 0. The predicted octanol–water partition coefficient (Wildman–Crippen LogP) is 1.20. The second-order valence-corrected chi connectivity index (χ2v) is 3.60. The minimum atomic E-state index is -0.210. The van der Waals surface area contributed by atoms with Crippen LogP contribution in [0.2, 0.25) is 0 Å². The first-order valence-electron chi connectivity index (χ1n) is 5.35. The van der Waals surface area contributed by atoms with E-state index in [1.54, 1.807) is 0 Å². The van der Waals surface area contributed by atoms with Crippen LogP contribution in [-0.4, -0.2) is 27.6 Å². The van der Waals surface area contributed by atoms with E-state index in [9.17, 15) is 4.79 Å². The van der Waals surface area contributed by atoms with E-state index < -0.39 is 0 Å². The molecule has 0 spiro atoms. The Morgan fingerprint density at radius 2 is 2.44 bits per heavy atom. The van der Waals surface area contributed by atoms with Crippen LogP contribution in [0.15, 0.2) is 30.1 Å². The smallest absolute Gasteiger partial charge is 0.288 e. The monoisotopic (exact) mass is 218 g/mol. The van der Waals surface area contributed by atoms with Crippen LogP contribution in [0.3, 0.4) is 0 Å². The van der Waals surface area contributed by atoms with Gasteiger partial charge in [-0.15, -0.1) is 0 Å². The molecule has 2 rings (SSSR count). The molecule has 0 saturated heterocycles. The molecule has 5 nitrogen and oxygen atoms in total. The molecule has 1 heterocycles. The van der Waals surface area contributed by atoms with Gasteiger partial charge in [0.15, 0.2) is 0 Å². The highest BCUT2D eigenvalue weighted by Crippen LogP contribution is 2.11. The van der Waals surface area contributed by atoms with Gasteiger partial charge in [-0.1, -0.05) is 23.8 Å². The third kappa shape index (κ3) is 2.79. The molecule has 0 fully saturated rings. The van der Waals surface area contributed by atoms with Crippen molar-refractivity contribution in [1.82, 2.24) is 20.5 Å². The Balaban J connectivity index is 1.74. The van der Waals surface area contributed by atoms with Crippen LogP contribution in [0.25, 0.3) is 0 Å². The van der Waals surface area contributed by atoms with Crippen LogP contribution in [0.1, 0.15) is 29.9 Å². The van der Waals surface area contributed by atoms with E-state index in [0.717, 1.165) is 19.3 Å². The summed E-state index contributed by atoms with van der Waals surface area (Å²) in [6.45, 7) is 0.621. The Bertz CT molecular complexity index is 406. The number of hydrogen-bond donors (Lipinski definition) is 2. The first-order chi connectivity index (χ1) is 7.86. The molecule has 16 heavy (non-hydrogen) atoms. The number of aromatic nitrogens is 3. The number of hydrogen-bond acceptors (Lipinski definition) is 3. The molecule has 1 aliphatic carbocycles. The molecule has 1 aliphatic rings. The number of aromatic amines is 1. The van der Waals surface area contributed by atoms with Gasteiger partial charge in [-0.05, 0) is 19.3 Å². The lowest BCUT2D eigenvalue weighted by Gasteiger charge is -2.07. The zero-order chi connectivity index (χ0) is 11.2. The lowest BCUT2D eigenvalue weighted by Crippen LogP contribution is -2.25. The molecule has 0 saturated carbocycles. The average Bonchev–Trinajstić information content (AvgIpc) is 2.84. The molecule has 5 heteroatoms. The van der Waals surface area contributed by atoms with Crippen LogP contribution in [0.5, 0.6) is 0 Å². The number of nitrogens with one attached hydrogen (secondary N) is 2. The fourth-order valence-electron chi connectivity index (χ4n) is 1.57. The highest BCUT2D eigenvalue weighted by Gasteiger charge is 2.07. The van der Waals surface area contributed by atoms with Crippen molar-refractivity contribution in [1.29, 1.82) is 0 Å². The Morgan fingerprint density at radius 3 is 3.12 bits per heavy atom. The number of allylic oxidation sites excluding steroid dienone is 3. The number of carbonyl (C=O) groups is 1. The van der Waals surface area contributed by atoms with Crippen molar-refractivity contribution in [2.45, 2.75) is 19.3 Å². The predicted molar refractivity (Wildman–Crippen MR) is 59.8 cm³/mol.